The van der Waals surface area contributed by atoms with Crippen LogP contribution in [0.1, 0.15) is 34.1 Å². The molecule has 1 saturated heterocycles. The van der Waals surface area contributed by atoms with Crippen LogP contribution in [0.25, 0.3) is 0 Å². The highest BCUT2D eigenvalue weighted by Gasteiger charge is 2.34. The number of carbonyl (C=O) groups excluding carboxylic acids is 2. The third-order valence-corrected chi connectivity index (χ3v) is 5.13. The highest BCUT2D eigenvalue weighted by Crippen LogP contribution is 2.22. The Bertz CT molecular complexity index is 688. The van der Waals surface area contributed by atoms with Gasteiger partial charge in [0.15, 0.2) is 0 Å². The van der Waals surface area contributed by atoms with Crippen LogP contribution in [0.3, 0.4) is 0 Å². The van der Waals surface area contributed by atoms with E-state index in [4.69, 9.17) is 5.73 Å². The number of rotatable bonds is 5. The molecule has 2 amide bonds. The zero-order valence-corrected chi connectivity index (χ0v) is 14.2. The van der Waals surface area contributed by atoms with Gasteiger partial charge in [-0.25, -0.2) is 0 Å². The Labute approximate surface area is 145 Å². The van der Waals surface area contributed by atoms with Gasteiger partial charge in [0.2, 0.25) is 5.91 Å². The second kappa shape index (κ2) is 7.59. The molecule has 2 heterocycles. The van der Waals surface area contributed by atoms with E-state index in [0.717, 1.165) is 12.0 Å². The lowest BCUT2D eigenvalue weighted by atomic mass is 10.1. The maximum absolute atomic E-state index is 12.5. The number of likely N-dealkylation sites (tertiary alicyclic amines) is 1. The molecule has 1 aromatic heterocycles. The predicted molar refractivity (Wildman–Crippen MR) is 94.8 cm³/mol. The lowest BCUT2D eigenvalue weighted by Crippen LogP contribution is -2.47. The summed E-state index contributed by atoms with van der Waals surface area (Å²) < 4.78 is 0. The van der Waals surface area contributed by atoms with Crippen LogP contribution in [-0.2, 0) is 4.79 Å². The highest BCUT2D eigenvalue weighted by molar-refractivity contribution is 7.12. The van der Waals surface area contributed by atoms with E-state index in [-0.39, 0.29) is 17.9 Å². The van der Waals surface area contributed by atoms with E-state index in [2.05, 4.69) is 5.32 Å². The van der Waals surface area contributed by atoms with Crippen LogP contribution in [0.2, 0.25) is 0 Å². The van der Waals surface area contributed by atoms with Crippen LogP contribution in [0.4, 0.5) is 0 Å². The minimum atomic E-state index is -0.400. The zero-order chi connectivity index (χ0) is 16.9. The summed E-state index contributed by atoms with van der Waals surface area (Å²) in [7, 11) is 0. The van der Waals surface area contributed by atoms with Gasteiger partial charge in [0.25, 0.3) is 5.91 Å². The smallest absolute Gasteiger partial charge is 0.264 e. The van der Waals surface area contributed by atoms with Crippen LogP contribution in [-0.4, -0.2) is 35.8 Å². The molecule has 1 fully saturated rings. The summed E-state index contributed by atoms with van der Waals surface area (Å²) in [5.41, 5.74) is 7.10. The van der Waals surface area contributed by atoms with Crippen molar-refractivity contribution in [2.24, 2.45) is 5.73 Å². The maximum Gasteiger partial charge on any atom is 0.264 e. The molecule has 2 aromatic rings. The predicted octanol–water partition coefficient (Wildman–Crippen LogP) is 2.17. The minimum Gasteiger partial charge on any atom is -0.352 e. The second-order valence-corrected chi connectivity index (χ2v) is 6.84. The molecular formula is C18H21N3O2S. The Morgan fingerprint density at radius 2 is 2.04 bits per heavy atom. The molecular weight excluding hydrogens is 322 g/mol. The number of nitrogens with one attached hydrogen (secondary N) is 1. The summed E-state index contributed by atoms with van der Waals surface area (Å²) in [5.74, 6) is -0.182. The van der Waals surface area contributed by atoms with Gasteiger partial charge in [0, 0.05) is 19.1 Å². The molecule has 24 heavy (non-hydrogen) atoms. The quantitative estimate of drug-likeness (QED) is 0.874. The van der Waals surface area contributed by atoms with Crippen molar-refractivity contribution >= 4 is 23.2 Å². The van der Waals surface area contributed by atoms with Gasteiger partial charge in [-0.15, -0.1) is 11.3 Å². The molecule has 6 heteroatoms. The number of nitrogens with zero attached hydrogens (tertiary/aromatic N) is 1. The van der Waals surface area contributed by atoms with E-state index in [9.17, 15) is 9.59 Å². The molecule has 1 aliphatic rings. The molecule has 0 bridgehead atoms. The molecule has 0 saturated carbocycles. The Morgan fingerprint density at radius 1 is 1.25 bits per heavy atom. The zero-order valence-electron chi connectivity index (χ0n) is 13.4. The van der Waals surface area contributed by atoms with Crippen molar-refractivity contribution in [3.8, 4) is 0 Å². The van der Waals surface area contributed by atoms with Crippen LogP contribution in [0, 0.1) is 0 Å². The number of amides is 2. The number of nitrogens with two attached hydrogens (primary N) is 1. The summed E-state index contributed by atoms with van der Waals surface area (Å²) in [6, 6.07) is 12.7. The molecule has 2 atom stereocenters. The van der Waals surface area contributed by atoms with Gasteiger partial charge >= 0.3 is 0 Å². The summed E-state index contributed by atoms with van der Waals surface area (Å²) in [4.78, 5) is 27.4. The molecule has 2 unspecified atom stereocenters. The Hall–Kier alpha value is -2.18. The molecule has 126 valence electrons. The number of benzene rings is 1. The van der Waals surface area contributed by atoms with Gasteiger partial charge < -0.3 is 16.0 Å². The summed E-state index contributed by atoms with van der Waals surface area (Å²) in [6.45, 7) is 0.986. The van der Waals surface area contributed by atoms with Crippen molar-refractivity contribution in [2.45, 2.75) is 24.9 Å². The van der Waals surface area contributed by atoms with E-state index < -0.39 is 6.04 Å². The normalized spacial score (nSPS) is 18.4. The van der Waals surface area contributed by atoms with Crippen molar-refractivity contribution in [1.29, 1.82) is 0 Å². The molecule has 0 radical (unpaired) electrons. The van der Waals surface area contributed by atoms with Gasteiger partial charge in [-0.3, -0.25) is 9.59 Å². The van der Waals surface area contributed by atoms with Crippen molar-refractivity contribution in [1.82, 2.24) is 10.2 Å². The Kier molecular flexibility index (Phi) is 5.27. The first kappa shape index (κ1) is 16.7. The monoisotopic (exact) mass is 343 g/mol. The van der Waals surface area contributed by atoms with Crippen molar-refractivity contribution in [2.75, 3.05) is 13.1 Å². The Morgan fingerprint density at radius 3 is 2.75 bits per heavy atom. The average Bonchev–Trinajstić information content (AvgIpc) is 3.31. The SMILES string of the molecule is NC(CNC(=O)C1CCCN1C(=O)c1cccs1)c1ccccc1. The molecule has 3 rings (SSSR count). The lowest BCUT2D eigenvalue weighted by Gasteiger charge is -2.24. The number of hydrogen-bond acceptors (Lipinski definition) is 4. The number of thiophene rings is 1. The molecule has 3 N–H and O–H groups in total. The summed E-state index contributed by atoms with van der Waals surface area (Å²) >= 11 is 1.40. The maximum atomic E-state index is 12.5. The van der Waals surface area contributed by atoms with E-state index in [1.165, 1.54) is 11.3 Å². The van der Waals surface area contributed by atoms with Gasteiger partial charge in [-0.1, -0.05) is 36.4 Å². The fraction of sp³-hybridized carbons (Fsp3) is 0.333. The van der Waals surface area contributed by atoms with Crippen molar-refractivity contribution in [3.63, 3.8) is 0 Å². The average molecular weight is 343 g/mol. The van der Waals surface area contributed by atoms with E-state index >= 15 is 0 Å². The third-order valence-electron chi connectivity index (χ3n) is 4.27. The van der Waals surface area contributed by atoms with E-state index in [1.54, 1.807) is 11.0 Å². The van der Waals surface area contributed by atoms with Gasteiger partial charge in [0.1, 0.15) is 6.04 Å². The summed E-state index contributed by atoms with van der Waals surface area (Å²) in [6.07, 6.45) is 1.55. The fourth-order valence-electron chi connectivity index (χ4n) is 2.97. The van der Waals surface area contributed by atoms with E-state index in [1.807, 2.05) is 41.8 Å². The minimum absolute atomic E-state index is 0.0602. The highest BCUT2D eigenvalue weighted by atomic mass is 32.1. The Balaban J connectivity index is 1.59. The van der Waals surface area contributed by atoms with Crippen LogP contribution < -0.4 is 11.1 Å². The molecule has 1 aromatic carbocycles. The lowest BCUT2D eigenvalue weighted by molar-refractivity contribution is -0.124. The van der Waals surface area contributed by atoms with Crippen LogP contribution >= 0.6 is 11.3 Å². The van der Waals surface area contributed by atoms with Crippen LogP contribution in [0.15, 0.2) is 47.8 Å². The van der Waals surface area contributed by atoms with Crippen molar-refractivity contribution < 1.29 is 9.59 Å². The topological polar surface area (TPSA) is 75.4 Å². The second-order valence-electron chi connectivity index (χ2n) is 5.90. The van der Waals surface area contributed by atoms with Gasteiger partial charge in [-0.05, 0) is 29.9 Å². The molecule has 1 aliphatic heterocycles. The molecule has 0 aliphatic carbocycles. The standard InChI is InChI=1S/C18H21N3O2S/c19-14(13-6-2-1-3-7-13)12-20-17(22)15-8-4-10-21(15)18(23)16-9-5-11-24-16/h1-3,5-7,9,11,14-15H,4,8,10,12,19H2,(H,20,22). The van der Waals surface area contributed by atoms with Gasteiger partial charge in [-0.2, -0.15) is 0 Å². The number of carbonyl (C=O) groups is 2. The first-order valence-corrected chi connectivity index (χ1v) is 8.97. The first-order valence-electron chi connectivity index (χ1n) is 8.09. The molecule has 5 nitrogen and oxygen atoms in total. The van der Waals surface area contributed by atoms with E-state index in [0.29, 0.717) is 24.4 Å². The largest absolute Gasteiger partial charge is 0.352 e. The fourth-order valence-corrected chi connectivity index (χ4v) is 3.65. The molecule has 0 spiro atoms. The van der Waals surface area contributed by atoms with Crippen molar-refractivity contribution in [3.05, 3.63) is 58.3 Å². The van der Waals surface area contributed by atoms with Crippen LogP contribution in [0.5, 0.6) is 0 Å². The number of hydrogen-bond donors (Lipinski definition) is 2. The van der Waals surface area contributed by atoms with Gasteiger partial charge in [0.05, 0.1) is 4.88 Å². The first-order chi connectivity index (χ1) is 11.7. The third kappa shape index (κ3) is 3.66. The summed E-state index contributed by atoms with van der Waals surface area (Å²) in [5, 5.41) is 4.77.